The second-order valence-corrected chi connectivity index (χ2v) is 6.96. The van der Waals surface area contributed by atoms with Crippen LogP contribution in [0.1, 0.15) is 0 Å². The van der Waals surface area contributed by atoms with Crippen molar-refractivity contribution in [2.75, 3.05) is 0 Å². The average Bonchev–Trinajstić information content (AvgIpc) is 3.07. The topological polar surface area (TPSA) is 38.9 Å². The molecule has 0 aliphatic carbocycles. The first-order valence-electron chi connectivity index (χ1n) is 8.30. The van der Waals surface area contributed by atoms with Crippen LogP contribution in [0.5, 0.6) is 0 Å². The predicted molar refractivity (Wildman–Crippen MR) is 108 cm³/mol. The Morgan fingerprint density at radius 2 is 1.42 bits per heavy atom. The molecule has 26 heavy (non-hydrogen) atoms. The quantitative estimate of drug-likeness (QED) is 0.340. The highest BCUT2D eigenvalue weighted by Gasteiger charge is 2.17. The molecule has 0 aliphatic rings. The van der Waals surface area contributed by atoms with E-state index in [0.717, 1.165) is 37.6 Å². The van der Waals surface area contributed by atoms with Crippen LogP contribution >= 0.6 is 15.9 Å². The van der Waals surface area contributed by atoms with Crippen molar-refractivity contribution in [3.8, 4) is 22.6 Å². The molecule has 5 rings (SSSR count). The lowest BCUT2D eigenvalue weighted by Gasteiger charge is -2.06. The zero-order chi connectivity index (χ0) is 17.5. The minimum Gasteiger partial charge on any atom is -0.438 e. The largest absolute Gasteiger partial charge is 0.438 e. The standard InChI is InChI=1S/C22H13BrN2O/c23-16-12-10-15(11-13-16)21-24-20(14-6-2-1-3-7-14)19-17-8-4-5-9-18(17)26-22(19)25-21/h1-13H. The lowest BCUT2D eigenvalue weighted by atomic mass is 10.1. The summed E-state index contributed by atoms with van der Waals surface area (Å²) in [4.78, 5) is 9.61. The first kappa shape index (κ1) is 15.3. The van der Waals surface area contributed by atoms with Crippen LogP contribution in [0, 0.1) is 0 Å². The maximum Gasteiger partial charge on any atom is 0.231 e. The fourth-order valence-electron chi connectivity index (χ4n) is 3.16. The molecule has 0 unspecified atom stereocenters. The number of hydrogen-bond acceptors (Lipinski definition) is 3. The molecular formula is C22H13BrN2O. The summed E-state index contributed by atoms with van der Waals surface area (Å²) in [5.74, 6) is 0.655. The van der Waals surface area contributed by atoms with Crippen LogP contribution in [0.4, 0.5) is 0 Å². The summed E-state index contributed by atoms with van der Waals surface area (Å²) in [6.45, 7) is 0. The monoisotopic (exact) mass is 400 g/mol. The summed E-state index contributed by atoms with van der Waals surface area (Å²) in [6.07, 6.45) is 0. The normalized spacial score (nSPS) is 11.3. The Kier molecular flexibility index (Phi) is 3.57. The molecule has 0 atom stereocenters. The molecular weight excluding hydrogens is 388 g/mol. The summed E-state index contributed by atoms with van der Waals surface area (Å²) in [5.41, 5.74) is 4.32. The minimum atomic E-state index is 0.609. The van der Waals surface area contributed by atoms with Gasteiger partial charge in [-0.05, 0) is 18.2 Å². The van der Waals surface area contributed by atoms with Crippen molar-refractivity contribution in [2.24, 2.45) is 0 Å². The predicted octanol–water partition coefficient (Wildman–Crippen LogP) is 6.47. The Morgan fingerprint density at radius 3 is 2.23 bits per heavy atom. The fourth-order valence-corrected chi connectivity index (χ4v) is 3.42. The third kappa shape index (κ3) is 2.50. The average molecular weight is 401 g/mol. The second kappa shape index (κ2) is 6.07. The second-order valence-electron chi connectivity index (χ2n) is 6.05. The molecule has 2 heterocycles. The van der Waals surface area contributed by atoms with E-state index < -0.39 is 0 Å². The van der Waals surface area contributed by atoms with E-state index >= 15 is 0 Å². The van der Waals surface area contributed by atoms with E-state index in [1.54, 1.807) is 0 Å². The molecule has 0 spiro atoms. The maximum atomic E-state index is 6.04. The van der Waals surface area contributed by atoms with Crippen LogP contribution in [0.25, 0.3) is 44.7 Å². The van der Waals surface area contributed by atoms with Gasteiger partial charge in [0.05, 0.1) is 11.1 Å². The van der Waals surface area contributed by atoms with E-state index in [0.29, 0.717) is 11.5 Å². The van der Waals surface area contributed by atoms with Gasteiger partial charge in [-0.1, -0.05) is 76.6 Å². The van der Waals surface area contributed by atoms with Crippen molar-refractivity contribution in [3.63, 3.8) is 0 Å². The zero-order valence-electron chi connectivity index (χ0n) is 13.7. The van der Waals surface area contributed by atoms with Gasteiger partial charge >= 0.3 is 0 Å². The Hall–Kier alpha value is -2.98. The molecule has 4 heteroatoms. The van der Waals surface area contributed by atoms with Crippen LogP contribution in [-0.4, -0.2) is 9.97 Å². The van der Waals surface area contributed by atoms with Crippen molar-refractivity contribution >= 4 is 38.0 Å². The first-order chi connectivity index (χ1) is 12.8. The number of para-hydroxylation sites is 1. The van der Waals surface area contributed by atoms with Crippen molar-refractivity contribution in [2.45, 2.75) is 0 Å². The van der Waals surface area contributed by atoms with Gasteiger partial charge in [-0.2, -0.15) is 4.98 Å². The fraction of sp³-hybridized carbons (Fsp3) is 0. The van der Waals surface area contributed by atoms with Crippen LogP contribution in [0.3, 0.4) is 0 Å². The highest BCUT2D eigenvalue weighted by molar-refractivity contribution is 9.10. The molecule has 0 N–H and O–H groups in total. The van der Waals surface area contributed by atoms with Crippen molar-refractivity contribution in [1.82, 2.24) is 9.97 Å². The van der Waals surface area contributed by atoms with Crippen molar-refractivity contribution in [3.05, 3.63) is 83.3 Å². The Bertz CT molecular complexity index is 1230. The van der Waals surface area contributed by atoms with E-state index in [4.69, 9.17) is 14.4 Å². The molecule has 5 aromatic rings. The lowest BCUT2D eigenvalue weighted by molar-refractivity contribution is 0.653. The number of aromatic nitrogens is 2. The van der Waals surface area contributed by atoms with E-state index in [2.05, 4.69) is 34.1 Å². The number of furan rings is 1. The molecule has 0 fully saturated rings. The molecule has 3 nitrogen and oxygen atoms in total. The van der Waals surface area contributed by atoms with Gasteiger partial charge in [0.2, 0.25) is 5.71 Å². The maximum absolute atomic E-state index is 6.04. The summed E-state index contributed by atoms with van der Waals surface area (Å²) in [5, 5.41) is 1.98. The Labute approximate surface area is 158 Å². The third-order valence-electron chi connectivity index (χ3n) is 4.39. The van der Waals surface area contributed by atoms with Crippen molar-refractivity contribution in [1.29, 1.82) is 0 Å². The zero-order valence-corrected chi connectivity index (χ0v) is 15.3. The van der Waals surface area contributed by atoms with E-state index in [1.165, 1.54) is 0 Å². The lowest BCUT2D eigenvalue weighted by Crippen LogP contribution is -1.93. The number of fused-ring (bicyclic) bond motifs is 3. The van der Waals surface area contributed by atoms with Gasteiger partial charge in [0.15, 0.2) is 5.82 Å². The van der Waals surface area contributed by atoms with Crippen LogP contribution in [0.2, 0.25) is 0 Å². The van der Waals surface area contributed by atoms with Crippen LogP contribution in [-0.2, 0) is 0 Å². The van der Waals surface area contributed by atoms with Crippen LogP contribution in [0.15, 0.2) is 87.8 Å². The summed E-state index contributed by atoms with van der Waals surface area (Å²) in [6, 6.07) is 26.1. The van der Waals surface area contributed by atoms with Gasteiger partial charge in [-0.25, -0.2) is 4.98 Å². The SMILES string of the molecule is Brc1ccc(-c2nc(-c3ccccc3)c3c(n2)oc2ccccc23)cc1. The minimum absolute atomic E-state index is 0.609. The van der Waals surface area contributed by atoms with E-state index in [9.17, 15) is 0 Å². The molecule has 2 aromatic heterocycles. The summed E-state index contributed by atoms with van der Waals surface area (Å²) < 4.78 is 7.06. The third-order valence-corrected chi connectivity index (χ3v) is 4.92. The highest BCUT2D eigenvalue weighted by Crippen LogP contribution is 2.36. The van der Waals surface area contributed by atoms with E-state index in [-0.39, 0.29) is 0 Å². The summed E-state index contributed by atoms with van der Waals surface area (Å²) in [7, 11) is 0. The molecule has 3 aromatic carbocycles. The molecule has 0 aliphatic heterocycles. The smallest absolute Gasteiger partial charge is 0.231 e. The number of rotatable bonds is 2. The van der Waals surface area contributed by atoms with Gasteiger partial charge in [0.25, 0.3) is 0 Å². The number of hydrogen-bond donors (Lipinski definition) is 0. The van der Waals surface area contributed by atoms with Gasteiger partial charge in [-0.3, -0.25) is 0 Å². The highest BCUT2D eigenvalue weighted by atomic mass is 79.9. The number of benzene rings is 3. The molecule has 0 radical (unpaired) electrons. The van der Waals surface area contributed by atoms with Gasteiger partial charge in [-0.15, -0.1) is 0 Å². The van der Waals surface area contributed by atoms with Gasteiger partial charge in [0, 0.05) is 21.0 Å². The number of halogens is 1. The number of nitrogens with zero attached hydrogens (tertiary/aromatic N) is 2. The van der Waals surface area contributed by atoms with Gasteiger partial charge in [0.1, 0.15) is 5.58 Å². The molecule has 0 amide bonds. The molecule has 0 bridgehead atoms. The first-order valence-corrected chi connectivity index (χ1v) is 9.09. The van der Waals surface area contributed by atoms with Gasteiger partial charge < -0.3 is 4.42 Å². The van der Waals surface area contributed by atoms with Crippen LogP contribution < -0.4 is 0 Å². The summed E-state index contributed by atoms with van der Waals surface area (Å²) >= 11 is 3.47. The molecule has 0 saturated carbocycles. The molecule has 124 valence electrons. The van der Waals surface area contributed by atoms with E-state index in [1.807, 2.05) is 60.7 Å². The molecule has 0 saturated heterocycles. The van der Waals surface area contributed by atoms with Crippen molar-refractivity contribution < 1.29 is 4.42 Å². The Morgan fingerprint density at radius 1 is 0.692 bits per heavy atom. The Balaban J connectivity index is 1.87.